The zero-order valence-electron chi connectivity index (χ0n) is 12.1. The molecular weight excluding hydrogens is 379 g/mol. The van der Waals surface area contributed by atoms with E-state index in [0.717, 1.165) is 35.4 Å². The highest BCUT2D eigenvalue weighted by molar-refractivity contribution is 14.1. The number of carbonyl (C=O) groups is 2. The van der Waals surface area contributed by atoms with Crippen LogP contribution in [0, 0.1) is 9.49 Å². The molecule has 0 aromatic heterocycles. The second kappa shape index (κ2) is 6.04. The molecule has 3 rings (SSSR count). The van der Waals surface area contributed by atoms with Crippen molar-refractivity contribution in [3.8, 4) is 0 Å². The zero-order valence-corrected chi connectivity index (χ0v) is 14.2. The summed E-state index contributed by atoms with van der Waals surface area (Å²) in [5, 5.41) is 0. The van der Waals surface area contributed by atoms with Crippen LogP contribution in [0.2, 0.25) is 0 Å². The minimum Gasteiger partial charge on any atom is -0.292 e. The van der Waals surface area contributed by atoms with Gasteiger partial charge in [-0.25, -0.2) is 4.90 Å². The largest absolute Gasteiger partial charge is 0.292 e. The van der Waals surface area contributed by atoms with Gasteiger partial charge in [-0.2, -0.15) is 0 Å². The van der Waals surface area contributed by atoms with Crippen molar-refractivity contribution in [1.82, 2.24) is 4.90 Å². The molecular formula is C16H19IN2O2. The van der Waals surface area contributed by atoms with E-state index in [9.17, 15) is 9.59 Å². The highest BCUT2D eigenvalue weighted by Gasteiger charge is 2.43. The molecule has 0 bridgehead atoms. The standard InChI is InChI=1S/C16H19IN2O2/c1-11-6-8-18(9-7-11)14-10-15(20)19(16(14)21)13-4-2-12(17)3-5-13/h2-5,11,14H,6-10H2,1H3/t14-/m1/s1. The Morgan fingerprint density at radius 1 is 1.10 bits per heavy atom. The van der Waals surface area contributed by atoms with Gasteiger partial charge in [0.05, 0.1) is 18.2 Å². The summed E-state index contributed by atoms with van der Waals surface area (Å²) < 4.78 is 1.09. The topological polar surface area (TPSA) is 40.6 Å². The number of benzene rings is 1. The van der Waals surface area contributed by atoms with Crippen LogP contribution >= 0.6 is 22.6 Å². The van der Waals surface area contributed by atoms with Crippen LogP contribution in [0.4, 0.5) is 5.69 Å². The molecule has 1 aromatic carbocycles. The normalized spacial score (nSPS) is 24.9. The molecule has 2 heterocycles. The first-order chi connectivity index (χ1) is 10.1. The number of halogens is 1. The number of anilines is 1. The van der Waals surface area contributed by atoms with Crippen LogP contribution in [0.5, 0.6) is 0 Å². The van der Waals surface area contributed by atoms with Gasteiger partial charge in [-0.05, 0) is 78.7 Å². The van der Waals surface area contributed by atoms with Crippen LogP contribution in [0.15, 0.2) is 24.3 Å². The quantitative estimate of drug-likeness (QED) is 0.568. The lowest BCUT2D eigenvalue weighted by atomic mass is 9.97. The maximum Gasteiger partial charge on any atom is 0.251 e. The number of likely N-dealkylation sites (tertiary alicyclic amines) is 1. The number of rotatable bonds is 2. The first-order valence-electron chi connectivity index (χ1n) is 7.42. The Labute approximate surface area is 138 Å². The first-order valence-corrected chi connectivity index (χ1v) is 8.50. The van der Waals surface area contributed by atoms with Gasteiger partial charge in [-0.1, -0.05) is 6.92 Å². The molecule has 2 aliphatic heterocycles. The van der Waals surface area contributed by atoms with Crippen molar-refractivity contribution < 1.29 is 9.59 Å². The molecule has 2 aliphatic rings. The lowest BCUT2D eigenvalue weighted by molar-refractivity contribution is -0.123. The van der Waals surface area contributed by atoms with Crippen LogP contribution in [-0.2, 0) is 9.59 Å². The van der Waals surface area contributed by atoms with E-state index in [0.29, 0.717) is 12.1 Å². The Bertz CT molecular complexity index is 550. The summed E-state index contributed by atoms with van der Waals surface area (Å²) in [7, 11) is 0. The molecule has 1 aromatic rings. The summed E-state index contributed by atoms with van der Waals surface area (Å²) in [4.78, 5) is 28.5. The number of amides is 2. The van der Waals surface area contributed by atoms with E-state index in [1.165, 1.54) is 4.90 Å². The second-order valence-corrected chi connectivity index (χ2v) is 7.23. The smallest absolute Gasteiger partial charge is 0.251 e. The fraction of sp³-hybridized carbons (Fsp3) is 0.500. The summed E-state index contributed by atoms with van der Waals surface area (Å²) in [6.07, 6.45) is 2.54. The van der Waals surface area contributed by atoms with Crippen LogP contribution in [0.3, 0.4) is 0 Å². The van der Waals surface area contributed by atoms with Gasteiger partial charge in [0, 0.05) is 3.57 Å². The maximum absolute atomic E-state index is 12.6. The molecule has 0 radical (unpaired) electrons. The van der Waals surface area contributed by atoms with Crippen molar-refractivity contribution in [2.75, 3.05) is 18.0 Å². The van der Waals surface area contributed by atoms with E-state index < -0.39 is 0 Å². The number of piperidine rings is 1. The number of imide groups is 1. The Morgan fingerprint density at radius 2 is 1.71 bits per heavy atom. The molecule has 2 saturated heterocycles. The van der Waals surface area contributed by atoms with Gasteiger partial charge in [-0.15, -0.1) is 0 Å². The van der Waals surface area contributed by atoms with Gasteiger partial charge < -0.3 is 0 Å². The molecule has 0 unspecified atom stereocenters. The van der Waals surface area contributed by atoms with E-state index in [1.807, 2.05) is 24.3 Å². The second-order valence-electron chi connectivity index (χ2n) is 5.98. The summed E-state index contributed by atoms with van der Waals surface area (Å²) in [5.41, 5.74) is 0.693. The van der Waals surface area contributed by atoms with Gasteiger partial charge in [0.15, 0.2) is 0 Å². The van der Waals surface area contributed by atoms with E-state index in [-0.39, 0.29) is 17.9 Å². The highest BCUT2D eigenvalue weighted by Crippen LogP contribution is 2.28. The molecule has 5 heteroatoms. The molecule has 0 aliphatic carbocycles. The Hall–Kier alpha value is -0.950. The molecule has 2 fully saturated rings. The monoisotopic (exact) mass is 398 g/mol. The SMILES string of the molecule is CC1CCN([C@@H]2CC(=O)N(c3ccc(I)cc3)C2=O)CC1. The van der Waals surface area contributed by atoms with Crippen molar-refractivity contribution in [2.45, 2.75) is 32.2 Å². The molecule has 1 atom stereocenters. The summed E-state index contributed by atoms with van der Waals surface area (Å²) in [5.74, 6) is 0.585. The average molecular weight is 398 g/mol. The van der Waals surface area contributed by atoms with Crippen molar-refractivity contribution >= 4 is 40.1 Å². The zero-order chi connectivity index (χ0) is 15.0. The third-order valence-electron chi connectivity index (χ3n) is 4.47. The first kappa shape index (κ1) is 15.0. The number of nitrogens with zero attached hydrogens (tertiary/aromatic N) is 2. The third kappa shape index (κ3) is 2.99. The van der Waals surface area contributed by atoms with Crippen LogP contribution < -0.4 is 4.90 Å². The predicted octanol–water partition coefficient (Wildman–Crippen LogP) is 2.66. The molecule has 0 saturated carbocycles. The minimum atomic E-state index is -0.260. The predicted molar refractivity (Wildman–Crippen MR) is 90.0 cm³/mol. The van der Waals surface area contributed by atoms with E-state index in [4.69, 9.17) is 0 Å². The molecule has 4 nitrogen and oxygen atoms in total. The van der Waals surface area contributed by atoms with Gasteiger partial charge in [-0.3, -0.25) is 14.5 Å². The number of carbonyl (C=O) groups excluding carboxylic acids is 2. The summed E-state index contributed by atoms with van der Waals surface area (Å²) in [6.45, 7) is 4.09. The van der Waals surface area contributed by atoms with Crippen molar-refractivity contribution in [3.63, 3.8) is 0 Å². The Balaban J connectivity index is 1.77. The summed E-state index contributed by atoms with van der Waals surface area (Å²) >= 11 is 2.21. The van der Waals surface area contributed by atoms with Crippen LogP contribution in [0.1, 0.15) is 26.2 Å². The third-order valence-corrected chi connectivity index (χ3v) is 5.19. The summed E-state index contributed by atoms with van der Waals surface area (Å²) in [6, 6.07) is 7.28. The molecule has 0 spiro atoms. The average Bonchev–Trinajstić information content (AvgIpc) is 2.76. The van der Waals surface area contributed by atoms with Crippen LogP contribution in [-0.4, -0.2) is 35.8 Å². The number of hydrogen-bond donors (Lipinski definition) is 0. The lowest BCUT2D eigenvalue weighted by Crippen LogP contribution is -2.45. The maximum atomic E-state index is 12.6. The van der Waals surface area contributed by atoms with Crippen molar-refractivity contribution in [2.24, 2.45) is 5.92 Å². The number of hydrogen-bond acceptors (Lipinski definition) is 3. The van der Waals surface area contributed by atoms with E-state index >= 15 is 0 Å². The fourth-order valence-corrected chi connectivity index (χ4v) is 3.46. The minimum absolute atomic E-state index is 0.0595. The molecule has 0 N–H and O–H groups in total. The Kier molecular flexibility index (Phi) is 4.31. The Morgan fingerprint density at radius 3 is 2.33 bits per heavy atom. The van der Waals surface area contributed by atoms with Gasteiger partial charge >= 0.3 is 0 Å². The van der Waals surface area contributed by atoms with E-state index in [2.05, 4.69) is 34.4 Å². The van der Waals surface area contributed by atoms with E-state index in [1.54, 1.807) is 0 Å². The van der Waals surface area contributed by atoms with Gasteiger partial charge in [0.1, 0.15) is 0 Å². The van der Waals surface area contributed by atoms with Crippen LogP contribution in [0.25, 0.3) is 0 Å². The lowest BCUT2D eigenvalue weighted by Gasteiger charge is -2.33. The molecule has 112 valence electrons. The molecule has 2 amide bonds. The molecule has 21 heavy (non-hydrogen) atoms. The van der Waals surface area contributed by atoms with Crippen molar-refractivity contribution in [1.29, 1.82) is 0 Å². The van der Waals surface area contributed by atoms with Gasteiger partial charge in [0.2, 0.25) is 5.91 Å². The fourth-order valence-electron chi connectivity index (χ4n) is 3.10. The highest BCUT2D eigenvalue weighted by atomic mass is 127. The van der Waals surface area contributed by atoms with Crippen molar-refractivity contribution in [3.05, 3.63) is 27.8 Å². The van der Waals surface area contributed by atoms with Gasteiger partial charge in [0.25, 0.3) is 5.91 Å².